The fourth-order valence-electron chi connectivity index (χ4n) is 3.16. The first kappa shape index (κ1) is 18.8. The van der Waals surface area contributed by atoms with Crippen LogP contribution in [-0.4, -0.2) is 40.4 Å². The SMILES string of the molecule is Cc1nn(-c2ccccc2)c2c1N(CC(=O)NCCc1cccs1)C(=O)CS2. The lowest BCUT2D eigenvalue weighted by atomic mass is 10.3. The molecule has 1 aliphatic heterocycles. The van der Waals surface area contributed by atoms with Gasteiger partial charge in [0, 0.05) is 11.4 Å². The number of hydrogen-bond donors (Lipinski definition) is 1. The van der Waals surface area contributed by atoms with Crippen LogP contribution in [0.4, 0.5) is 5.69 Å². The van der Waals surface area contributed by atoms with Crippen LogP contribution < -0.4 is 10.2 Å². The summed E-state index contributed by atoms with van der Waals surface area (Å²) in [6.07, 6.45) is 0.795. The number of aromatic nitrogens is 2. The Kier molecular flexibility index (Phi) is 5.50. The van der Waals surface area contributed by atoms with Crippen LogP contribution in [0.5, 0.6) is 0 Å². The summed E-state index contributed by atoms with van der Waals surface area (Å²) in [6.45, 7) is 2.45. The maximum atomic E-state index is 12.5. The van der Waals surface area contributed by atoms with Crippen LogP contribution in [0.2, 0.25) is 0 Å². The standard InChI is InChI=1S/C20H20N4O2S2/c1-14-19-20(24(22-14)15-6-3-2-4-7-15)28-13-18(26)23(19)12-17(25)21-10-9-16-8-5-11-27-16/h2-8,11H,9-10,12-13H2,1H3,(H,21,25). The fraction of sp³-hybridized carbons (Fsp3) is 0.250. The average molecular weight is 413 g/mol. The minimum absolute atomic E-state index is 0.0121. The van der Waals surface area contributed by atoms with E-state index in [1.54, 1.807) is 16.2 Å². The van der Waals surface area contributed by atoms with Gasteiger partial charge >= 0.3 is 0 Å². The topological polar surface area (TPSA) is 67.2 Å². The highest BCUT2D eigenvalue weighted by Gasteiger charge is 2.32. The second-order valence-electron chi connectivity index (χ2n) is 6.43. The van der Waals surface area contributed by atoms with Crippen LogP contribution in [0.15, 0.2) is 52.9 Å². The van der Waals surface area contributed by atoms with Gasteiger partial charge in [-0.05, 0) is 36.9 Å². The number of para-hydroxylation sites is 1. The summed E-state index contributed by atoms with van der Waals surface area (Å²) in [6, 6.07) is 13.9. The van der Waals surface area contributed by atoms with E-state index in [0.717, 1.165) is 28.5 Å². The third-order valence-electron chi connectivity index (χ3n) is 4.47. The highest BCUT2D eigenvalue weighted by molar-refractivity contribution is 8.00. The molecule has 0 unspecified atom stereocenters. The van der Waals surface area contributed by atoms with E-state index >= 15 is 0 Å². The van der Waals surface area contributed by atoms with E-state index in [9.17, 15) is 9.59 Å². The van der Waals surface area contributed by atoms with Crippen molar-refractivity contribution < 1.29 is 9.59 Å². The smallest absolute Gasteiger partial charge is 0.240 e. The quantitative estimate of drug-likeness (QED) is 0.676. The molecular weight excluding hydrogens is 392 g/mol. The van der Waals surface area contributed by atoms with Gasteiger partial charge in [-0.3, -0.25) is 14.5 Å². The van der Waals surface area contributed by atoms with Crippen molar-refractivity contribution in [3.05, 3.63) is 58.4 Å². The number of nitrogens with one attached hydrogen (secondary N) is 1. The summed E-state index contributed by atoms with van der Waals surface area (Å²) in [5.41, 5.74) is 2.42. The monoisotopic (exact) mass is 412 g/mol. The van der Waals surface area contributed by atoms with E-state index < -0.39 is 0 Å². The van der Waals surface area contributed by atoms with Gasteiger partial charge in [0.15, 0.2) is 0 Å². The molecule has 6 nitrogen and oxygen atoms in total. The Morgan fingerprint density at radius 1 is 1.21 bits per heavy atom. The van der Waals surface area contributed by atoms with Crippen molar-refractivity contribution >= 4 is 40.6 Å². The number of nitrogens with zero attached hydrogens (tertiary/aromatic N) is 3. The number of fused-ring (bicyclic) bond motifs is 1. The third-order valence-corrected chi connectivity index (χ3v) is 6.43. The van der Waals surface area contributed by atoms with Crippen LogP contribution in [0.25, 0.3) is 5.69 Å². The van der Waals surface area contributed by atoms with Crippen LogP contribution in [0.3, 0.4) is 0 Å². The maximum Gasteiger partial charge on any atom is 0.240 e. The molecule has 1 N–H and O–H groups in total. The summed E-state index contributed by atoms with van der Waals surface area (Å²) in [5.74, 6) is 0.0733. The highest BCUT2D eigenvalue weighted by atomic mass is 32.2. The molecule has 0 fully saturated rings. The number of aryl methyl sites for hydroxylation is 1. The molecule has 4 rings (SSSR count). The molecule has 0 saturated carbocycles. The van der Waals surface area contributed by atoms with Gasteiger partial charge in [-0.1, -0.05) is 36.0 Å². The predicted octanol–water partition coefficient (Wildman–Crippen LogP) is 3.04. The van der Waals surface area contributed by atoms with Gasteiger partial charge < -0.3 is 5.32 Å². The van der Waals surface area contributed by atoms with Gasteiger partial charge in [0.05, 0.1) is 22.8 Å². The fourth-order valence-corrected chi connectivity index (χ4v) is 4.95. The molecular formula is C20H20N4O2S2. The molecule has 2 amide bonds. The molecule has 3 aromatic rings. The van der Waals surface area contributed by atoms with Crippen molar-refractivity contribution in [1.29, 1.82) is 0 Å². The lowest BCUT2D eigenvalue weighted by molar-refractivity contribution is -0.122. The predicted molar refractivity (Wildman–Crippen MR) is 112 cm³/mol. The normalized spacial score (nSPS) is 13.5. The molecule has 144 valence electrons. The van der Waals surface area contributed by atoms with Crippen LogP contribution in [-0.2, 0) is 16.0 Å². The first-order chi connectivity index (χ1) is 13.6. The number of amides is 2. The number of carbonyl (C=O) groups is 2. The highest BCUT2D eigenvalue weighted by Crippen LogP contribution is 2.39. The molecule has 0 saturated heterocycles. The Morgan fingerprint density at radius 2 is 2.04 bits per heavy atom. The lowest BCUT2D eigenvalue weighted by Gasteiger charge is -2.26. The second-order valence-corrected chi connectivity index (χ2v) is 8.43. The van der Waals surface area contributed by atoms with Crippen LogP contribution in [0, 0.1) is 6.92 Å². The zero-order valence-corrected chi connectivity index (χ0v) is 17.1. The van der Waals surface area contributed by atoms with E-state index in [4.69, 9.17) is 0 Å². The van der Waals surface area contributed by atoms with E-state index in [-0.39, 0.29) is 18.4 Å². The summed E-state index contributed by atoms with van der Waals surface area (Å²) in [4.78, 5) is 27.8. The molecule has 2 aromatic heterocycles. The number of carbonyl (C=O) groups excluding carboxylic acids is 2. The molecule has 0 bridgehead atoms. The van der Waals surface area contributed by atoms with Crippen molar-refractivity contribution in [3.8, 4) is 5.69 Å². The third kappa shape index (κ3) is 3.83. The summed E-state index contributed by atoms with van der Waals surface area (Å²) >= 11 is 3.14. The molecule has 0 spiro atoms. The number of anilines is 1. The first-order valence-electron chi connectivity index (χ1n) is 9.01. The maximum absolute atomic E-state index is 12.5. The molecule has 3 heterocycles. The van der Waals surface area contributed by atoms with Crippen LogP contribution >= 0.6 is 23.1 Å². The first-order valence-corrected chi connectivity index (χ1v) is 10.9. The van der Waals surface area contributed by atoms with E-state index in [2.05, 4.69) is 16.5 Å². The Labute approximate surface area is 171 Å². The van der Waals surface area contributed by atoms with Crippen LogP contribution in [0.1, 0.15) is 10.6 Å². The van der Waals surface area contributed by atoms with Gasteiger partial charge in [-0.15, -0.1) is 11.3 Å². The van der Waals surface area contributed by atoms with Crippen molar-refractivity contribution in [2.24, 2.45) is 0 Å². The molecule has 0 aliphatic carbocycles. The lowest BCUT2D eigenvalue weighted by Crippen LogP contribution is -2.43. The minimum Gasteiger partial charge on any atom is -0.354 e. The van der Waals surface area contributed by atoms with E-state index in [1.165, 1.54) is 16.6 Å². The molecule has 8 heteroatoms. The van der Waals surface area contributed by atoms with Gasteiger partial charge in [-0.25, -0.2) is 4.68 Å². The molecule has 1 aliphatic rings. The Morgan fingerprint density at radius 3 is 2.79 bits per heavy atom. The Bertz CT molecular complexity index is 983. The van der Waals surface area contributed by atoms with Gasteiger partial charge in [0.1, 0.15) is 11.6 Å². The van der Waals surface area contributed by atoms with Gasteiger partial charge in [0.25, 0.3) is 0 Å². The molecule has 0 radical (unpaired) electrons. The molecule has 28 heavy (non-hydrogen) atoms. The Balaban J connectivity index is 1.50. The van der Waals surface area contributed by atoms with Crippen molar-refractivity contribution in [1.82, 2.24) is 15.1 Å². The molecule has 1 aromatic carbocycles. The van der Waals surface area contributed by atoms with Crippen molar-refractivity contribution in [2.45, 2.75) is 18.4 Å². The number of thiophene rings is 1. The summed E-state index contributed by atoms with van der Waals surface area (Å²) in [5, 5.41) is 10.5. The van der Waals surface area contributed by atoms with Crippen molar-refractivity contribution in [2.75, 3.05) is 23.7 Å². The van der Waals surface area contributed by atoms with E-state index in [1.807, 2.05) is 53.4 Å². The van der Waals surface area contributed by atoms with Gasteiger partial charge in [0.2, 0.25) is 11.8 Å². The largest absolute Gasteiger partial charge is 0.354 e. The second kappa shape index (κ2) is 8.20. The van der Waals surface area contributed by atoms with Gasteiger partial charge in [-0.2, -0.15) is 5.10 Å². The molecule has 0 atom stereocenters. The summed E-state index contributed by atoms with van der Waals surface area (Å²) in [7, 11) is 0. The number of rotatable bonds is 6. The summed E-state index contributed by atoms with van der Waals surface area (Å²) < 4.78 is 1.85. The minimum atomic E-state index is -0.158. The van der Waals surface area contributed by atoms with Crippen molar-refractivity contribution in [3.63, 3.8) is 0 Å². The number of thioether (sulfide) groups is 1. The zero-order chi connectivity index (χ0) is 19.5. The van der Waals surface area contributed by atoms with E-state index in [0.29, 0.717) is 12.3 Å². The zero-order valence-electron chi connectivity index (χ0n) is 15.4. The Hall–Kier alpha value is -2.58. The average Bonchev–Trinajstić information content (AvgIpc) is 3.33. The number of benzene rings is 1. The number of hydrogen-bond acceptors (Lipinski definition) is 5.